The molecule has 0 saturated heterocycles. The zero-order chi connectivity index (χ0) is 13.5. The van der Waals surface area contributed by atoms with Gasteiger partial charge in [-0.25, -0.2) is 0 Å². The van der Waals surface area contributed by atoms with E-state index in [0.717, 1.165) is 16.5 Å². The number of ketones is 1. The molecule has 0 fully saturated rings. The van der Waals surface area contributed by atoms with E-state index in [9.17, 15) is 4.79 Å². The number of H-pyrrole nitrogens is 1. The molecule has 3 nitrogen and oxygen atoms in total. The van der Waals surface area contributed by atoms with Crippen molar-refractivity contribution in [3.63, 3.8) is 0 Å². The zero-order valence-corrected chi connectivity index (χ0v) is 10.8. The smallest absolute Gasteiger partial charge is 0.170 e. The number of para-hydroxylation sites is 2. The molecule has 3 heteroatoms. The number of Topliss-reactive ketones (excluding diaryl/α,β-unsaturated/α-hetero) is 1. The third kappa shape index (κ3) is 1.63. The highest BCUT2D eigenvalue weighted by atomic mass is 16.5. The van der Waals surface area contributed by atoms with Gasteiger partial charge in [0.25, 0.3) is 0 Å². The lowest BCUT2D eigenvalue weighted by molar-refractivity contribution is 0.0852. The Bertz CT molecular complexity index is 803. The predicted octanol–water partition coefficient (Wildman–Crippen LogP) is 3.87. The zero-order valence-electron chi connectivity index (χ0n) is 10.8. The SMILES string of the molecule is O=C1CC(c2c[nH]c3ccccc23)Oc2ccccc21. The second kappa shape index (κ2) is 4.23. The first-order valence-corrected chi connectivity index (χ1v) is 6.68. The van der Waals surface area contributed by atoms with Crippen LogP contribution in [0.1, 0.15) is 28.4 Å². The lowest BCUT2D eigenvalue weighted by atomic mass is 9.96. The summed E-state index contributed by atoms with van der Waals surface area (Å²) < 4.78 is 6.01. The summed E-state index contributed by atoms with van der Waals surface area (Å²) in [7, 11) is 0. The van der Waals surface area contributed by atoms with E-state index in [4.69, 9.17) is 4.74 Å². The van der Waals surface area contributed by atoms with Gasteiger partial charge in [0.15, 0.2) is 5.78 Å². The van der Waals surface area contributed by atoms with E-state index in [2.05, 4.69) is 11.1 Å². The molecule has 98 valence electrons. The lowest BCUT2D eigenvalue weighted by Gasteiger charge is -2.24. The first kappa shape index (κ1) is 11.3. The number of aromatic nitrogens is 1. The fourth-order valence-electron chi connectivity index (χ4n) is 2.81. The van der Waals surface area contributed by atoms with E-state index in [0.29, 0.717) is 17.7 Å². The maximum absolute atomic E-state index is 12.2. The summed E-state index contributed by atoms with van der Waals surface area (Å²) in [6.07, 6.45) is 2.11. The third-order valence-corrected chi connectivity index (χ3v) is 3.80. The Balaban J connectivity index is 1.80. The molecule has 0 amide bonds. The van der Waals surface area contributed by atoms with Crippen molar-refractivity contribution in [2.45, 2.75) is 12.5 Å². The van der Waals surface area contributed by atoms with Crippen LogP contribution in [0.25, 0.3) is 10.9 Å². The quantitative estimate of drug-likeness (QED) is 0.724. The van der Waals surface area contributed by atoms with Crippen LogP contribution in [0.2, 0.25) is 0 Å². The molecule has 1 aliphatic heterocycles. The first-order chi connectivity index (χ1) is 9.83. The molecular weight excluding hydrogens is 250 g/mol. The van der Waals surface area contributed by atoms with Crippen molar-refractivity contribution in [2.75, 3.05) is 0 Å². The molecule has 0 saturated carbocycles. The van der Waals surface area contributed by atoms with Gasteiger partial charge in [-0.05, 0) is 18.2 Å². The van der Waals surface area contributed by atoms with Crippen LogP contribution in [0.3, 0.4) is 0 Å². The molecule has 1 aliphatic rings. The molecule has 1 atom stereocenters. The van der Waals surface area contributed by atoms with Crippen LogP contribution >= 0.6 is 0 Å². The number of ether oxygens (including phenoxy) is 1. The molecule has 0 spiro atoms. The summed E-state index contributed by atoms with van der Waals surface area (Å²) >= 11 is 0. The second-order valence-electron chi connectivity index (χ2n) is 5.02. The van der Waals surface area contributed by atoms with Crippen molar-refractivity contribution in [1.82, 2.24) is 4.98 Å². The highest BCUT2D eigenvalue weighted by Gasteiger charge is 2.28. The molecule has 0 bridgehead atoms. The summed E-state index contributed by atoms with van der Waals surface area (Å²) in [5, 5.41) is 1.12. The number of rotatable bonds is 1. The number of nitrogens with one attached hydrogen (secondary N) is 1. The van der Waals surface area contributed by atoms with E-state index in [1.54, 1.807) is 0 Å². The van der Waals surface area contributed by atoms with Crippen LogP contribution in [0.15, 0.2) is 54.7 Å². The van der Waals surface area contributed by atoms with E-state index in [1.165, 1.54) is 0 Å². The number of carbonyl (C=O) groups is 1. The van der Waals surface area contributed by atoms with E-state index >= 15 is 0 Å². The normalized spacial score (nSPS) is 17.8. The second-order valence-corrected chi connectivity index (χ2v) is 5.02. The first-order valence-electron chi connectivity index (χ1n) is 6.68. The minimum absolute atomic E-state index is 0.141. The number of hydrogen-bond donors (Lipinski definition) is 1. The maximum Gasteiger partial charge on any atom is 0.170 e. The molecule has 0 radical (unpaired) electrons. The van der Waals surface area contributed by atoms with Gasteiger partial charge in [0.1, 0.15) is 11.9 Å². The molecule has 1 unspecified atom stereocenters. The Hall–Kier alpha value is -2.55. The van der Waals surface area contributed by atoms with Crippen molar-refractivity contribution in [3.05, 3.63) is 65.9 Å². The van der Waals surface area contributed by atoms with Crippen LogP contribution in [0, 0.1) is 0 Å². The topological polar surface area (TPSA) is 42.1 Å². The molecule has 2 aromatic carbocycles. The average molecular weight is 263 g/mol. The summed E-state index contributed by atoms with van der Waals surface area (Å²) in [5.74, 6) is 0.821. The molecule has 2 heterocycles. The molecule has 20 heavy (non-hydrogen) atoms. The van der Waals surface area contributed by atoms with Gasteiger partial charge >= 0.3 is 0 Å². The largest absolute Gasteiger partial charge is 0.484 e. The summed E-state index contributed by atoms with van der Waals surface area (Å²) in [4.78, 5) is 15.5. The van der Waals surface area contributed by atoms with Crippen molar-refractivity contribution < 1.29 is 9.53 Å². The fourth-order valence-corrected chi connectivity index (χ4v) is 2.81. The number of benzene rings is 2. The van der Waals surface area contributed by atoms with Crippen LogP contribution < -0.4 is 4.74 Å². The average Bonchev–Trinajstić information content (AvgIpc) is 2.91. The summed E-state index contributed by atoms with van der Waals surface area (Å²) in [6, 6.07) is 15.5. The lowest BCUT2D eigenvalue weighted by Crippen LogP contribution is -2.20. The van der Waals surface area contributed by atoms with Gasteiger partial charge in [0.2, 0.25) is 0 Å². The molecule has 4 rings (SSSR count). The van der Waals surface area contributed by atoms with Crippen LogP contribution in [-0.2, 0) is 0 Å². The van der Waals surface area contributed by atoms with Crippen LogP contribution in [0.4, 0.5) is 0 Å². The standard InChI is InChI=1S/C17H13NO2/c19-15-9-17(20-16-8-4-2-6-12(15)16)13-10-18-14-7-3-1-5-11(13)14/h1-8,10,17-18H,9H2. The van der Waals surface area contributed by atoms with Gasteiger partial charge in [0.05, 0.1) is 12.0 Å². The molecule has 1 aromatic heterocycles. The Morgan fingerprint density at radius 3 is 2.80 bits per heavy atom. The van der Waals surface area contributed by atoms with Gasteiger partial charge < -0.3 is 9.72 Å². The maximum atomic E-state index is 12.2. The van der Waals surface area contributed by atoms with Crippen molar-refractivity contribution in [1.29, 1.82) is 0 Å². The molecule has 3 aromatic rings. The van der Waals surface area contributed by atoms with E-state index in [-0.39, 0.29) is 11.9 Å². The number of aromatic amines is 1. The van der Waals surface area contributed by atoms with Crippen LogP contribution in [-0.4, -0.2) is 10.8 Å². The Kier molecular flexibility index (Phi) is 2.39. The number of carbonyl (C=O) groups excluding carboxylic acids is 1. The van der Waals surface area contributed by atoms with Crippen molar-refractivity contribution in [3.8, 4) is 5.75 Å². The van der Waals surface area contributed by atoms with Gasteiger partial charge in [-0.1, -0.05) is 30.3 Å². The number of fused-ring (bicyclic) bond motifs is 2. The minimum Gasteiger partial charge on any atom is -0.484 e. The van der Waals surface area contributed by atoms with E-state index < -0.39 is 0 Å². The van der Waals surface area contributed by atoms with Gasteiger partial charge in [-0.3, -0.25) is 4.79 Å². The van der Waals surface area contributed by atoms with Gasteiger partial charge in [-0.2, -0.15) is 0 Å². The Morgan fingerprint density at radius 1 is 1.05 bits per heavy atom. The van der Waals surface area contributed by atoms with Crippen molar-refractivity contribution in [2.24, 2.45) is 0 Å². The molecule has 0 aliphatic carbocycles. The number of hydrogen-bond acceptors (Lipinski definition) is 2. The van der Waals surface area contributed by atoms with Gasteiger partial charge in [-0.15, -0.1) is 0 Å². The monoisotopic (exact) mass is 263 g/mol. The fraction of sp³-hybridized carbons (Fsp3) is 0.118. The van der Waals surface area contributed by atoms with E-state index in [1.807, 2.05) is 48.7 Å². The van der Waals surface area contributed by atoms with Gasteiger partial charge in [0, 0.05) is 22.7 Å². The Morgan fingerprint density at radius 2 is 1.85 bits per heavy atom. The highest BCUT2D eigenvalue weighted by molar-refractivity contribution is 6.00. The third-order valence-electron chi connectivity index (χ3n) is 3.80. The highest BCUT2D eigenvalue weighted by Crippen LogP contribution is 2.37. The summed E-state index contributed by atoms with van der Waals surface area (Å²) in [6.45, 7) is 0. The van der Waals surface area contributed by atoms with Crippen LogP contribution in [0.5, 0.6) is 5.75 Å². The Labute approximate surface area is 116 Å². The molecule has 1 N–H and O–H groups in total. The predicted molar refractivity (Wildman–Crippen MR) is 77.1 cm³/mol. The summed E-state index contributed by atoms with van der Waals surface area (Å²) in [5.41, 5.74) is 2.80. The molecular formula is C17H13NO2. The van der Waals surface area contributed by atoms with Crippen molar-refractivity contribution >= 4 is 16.7 Å². The minimum atomic E-state index is -0.214.